The van der Waals surface area contributed by atoms with Crippen LogP contribution >= 0.6 is 0 Å². The van der Waals surface area contributed by atoms with Gasteiger partial charge in [-0.25, -0.2) is 4.98 Å². The Morgan fingerprint density at radius 2 is 2.38 bits per heavy atom. The van der Waals surface area contributed by atoms with Gasteiger partial charge in [0.25, 0.3) is 5.56 Å². The maximum atomic E-state index is 11.7. The topological polar surface area (TPSA) is 85.8 Å². The van der Waals surface area contributed by atoms with Crippen LogP contribution in [0.1, 0.15) is 12.7 Å². The van der Waals surface area contributed by atoms with Crippen molar-refractivity contribution < 1.29 is 4.52 Å². The quantitative estimate of drug-likeness (QED) is 0.796. The van der Waals surface area contributed by atoms with Crippen molar-refractivity contribution in [2.75, 3.05) is 5.32 Å². The van der Waals surface area contributed by atoms with E-state index in [0.717, 1.165) is 0 Å². The third kappa shape index (κ3) is 2.08. The lowest BCUT2D eigenvalue weighted by Crippen LogP contribution is -2.23. The van der Waals surface area contributed by atoms with Gasteiger partial charge >= 0.3 is 0 Å². The number of nitrogens with zero attached hydrogens (tertiary/aromatic N) is 4. The number of rotatable bonds is 4. The summed E-state index contributed by atoms with van der Waals surface area (Å²) in [5.41, 5.74) is -0.159. The van der Waals surface area contributed by atoms with Gasteiger partial charge in [0.1, 0.15) is 0 Å². The van der Waals surface area contributed by atoms with Crippen molar-refractivity contribution in [1.82, 2.24) is 19.7 Å². The Morgan fingerprint density at radius 1 is 1.50 bits per heavy atom. The average Bonchev–Trinajstić information content (AvgIpc) is 2.81. The first-order valence-electron chi connectivity index (χ1n) is 4.86. The Labute approximate surface area is 91.1 Å². The maximum absolute atomic E-state index is 11.7. The smallest absolute Gasteiger partial charge is 0.293 e. The van der Waals surface area contributed by atoms with E-state index >= 15 is 0 Å². The van der Waals surface area contributed by atoms with Crippen LogP contribution in [-0.4, -0.2) is 19.7 Å². The van der Waals surface area contributed by atoms with Crippen molar-refractivity contribution in [3.8, 4) is 0 Å². The molecule has 0 bridgehead atoms. The Balaban J connectivity index is 2.13. The van der Waals surface area contributed by atoms with Gasteiger partial charge in [-0.3, -0.25) is 4.79 Å². The summed E-state index contributed by atoms with van der Waals surface area (Å²) in [5.74, 6) is 0.766. The second-order valence-corrected chi connectivity index (χ2v) is 3.07. The molecule has 2 heterocycles. The highest BCUT2D eigenvalue weighted by Crippen LogP contribution is 1.96. The predicted octanol–water partition coefficient (Wildman–Crippen LogP) is 0.258. The molecule has 0 spiro atoms. The number of aromatic nitrogens is 4. The maximum Gasteiger partial charge on any atom is 0.293 e. The van der Waals surface area contributed by atoms with Gasteiger partial charge in [-0.05, 0) is 6.92 Å². The lowest BCUT2D eigenvalue weighted by Gasteiger charge is -2.04. The SMILES string of the molecule is CCn1ccnc(NCc2ncon2)c1=O. The molecule has 7 heteroatoms. The van der Waals surface area contributed by atoms with Crippen LogP contribution < -0.4 is 10.9 Å². The molecule has 0 unspecified atom stereocenters. The number of hydrogen-bond donors (Lipinski definition) is 1. The minimum absolute atomic E-state index is 0.159. The van der Waals surface area contributed by atoms with E-state index in [1.165, 1.54) is 6.39 Å². The zero-order valence-corrected chi connectivity index (χ0v) is 8.75. The number of aryl methyl sites for hydroxylation is 1. The van der Waals surface area contributed by atoms with Gasteiger partial charge in [-0.2, -0.15) is 4.98 Å². The number of nitrogens with one attached hydrogen (secondary N) is 1. The number of anilines is 1. The van der Waals surface area contributed by atoms with E-state index in [9.17, 15) is 4.79 Å². The third-order valence-corrected chi connectivity index (χ3v) is 2.08. The zero-order chi connectivity index (χ0) is 11.4. The van der Waals surface area contributed by atoms with E-state index in [1.54, 1.807) is 17.0 Å². The highest BCUT2D eigenvalue weighted by atomic mass is 16.5. The molecular formula is C9H11N5O2. The van der Waals surface area contributed by atoms with Gasteiger partial charge in [0.2, 0.25) is 6.39 Å². The molecule has 2 aromatic rings. The molecule has 0 aliphatic heterocycles. The highest BCUT2D eigenvalue weighted by molar-refractivity contribution is 5.30. The molecule has 0 saturated carbocycles. The minimum atomic E-state index is -0.159. The van der Waals surface area contributed by atoms with E-state index in [0.29, 0.717) is 18.9 Å². The molecule has 0 aromatic carbocycles. The van der Waals surface area contributed by atoms with Crippen LogP contribution in [0.4, 0.5) is 5.82 Å². The summed E-state index contributed by atoms with van der Waals surface area (Å²) in [6, 6.07) is 0. The van der Waals surface area contributed by atoms with Gasteiger partial charge in [-0.15, -0.1) is 0 Å². The third-order valence-electron chi connectivity index (χ3n) is 2.08. The molecular weight excluding hydrogens is 210 g/mol. The first-order chi connectivity index (χ1) is 7.81. The van der Waals surface area contributed by atoms with Crippen molar-refractivity contribution in [2.45, 2.75) is 20.0 Å². The van der Waals surface area contributed by atoms with Crippen LogP contribution in [0.25, 0.3) is 0 Å². The van der Waals surface area contributed by atoms with Crippen LogP contribution in [0.5, 0.6) is 0 Å². The monoisotopic (exact) mass is 221 g/mol. The van der Waals surface area contributed by atoms with Gasteiger partial charge in [0.05, 0.1) is 6.54 Å². The molecule has 0 radical (unpaired) electrons. The van der Waals surface area contributed by atoms with E-state index < -0.39 is 0 Å². The van der Waals surface area contributed by atoms with E-state index in [4.69, 9.17) is 0 Å². The zero-order valence-electron chi connectivity index (χ0n) is 8.75. The largest absolute Gasteiger partial charge is 0.358 e. The van der Waals surface area contributed by atoms with Gasteiger partial charge in [-0.1, -0.05) is 5.16 Å². The fourth-order valence-corrected chi connectivity index (χ4v) is 1.25. The summed E-state index contributed by atoms with van der Waals surface area (Å²) in [4.78, 5) is 19.5. The fraction of sp³-hybridized carbons (Fsp3) is 0.333. The van der Waals surface area contributed by atoms with Crippen LogP contribution in [-0.2, 0) is 13.1 Å². The van der Waals surface area contributed by atoms with E-state index in [1.807, 2.05) is 6.92 Å². The molecule has 0 aliphatic carbocycles. The Morgan fingerprint density at radius 3 is 3.06 bits per heavy atom. The molecule has 0 amide bonds. The van der Waals surface area contributed by atoms with Crippen molar-refractivity contribution in [1.29, 1.82) is 0 Å². The standard InChI is InChI=1S/C9H11N5O2/c1-2-14-4-3-10-8(9(14)15)11-5-7-12-6-16-13-7/h3-4,6H,2,5H2,1H3,(H,10,11). The molecule has 1 N–H and O–H groups in total. The summed E-state index contributed by atoms with van der Waals surface area (Å²) >= 11 is 0. The van der Waals surface area contributed by atoms with Crippen LogP contribution in [0.3, 0.4) is 0 Å². The van der Waals surface area contributed by atoms with E-state index in [2.05, 4.69) is 25.0 Å². The second-order valence-electron chi connectivity index (χ2n) is 3.07. The Bertz CT molecular complexity index is 505. The molecule has 2 aromatic heterocycles. The molecule has 16 heavy (non-hydrogen) atoms. The average molecular weight is 221 g/mol. The van der Waals surface area contributed by atoms with Crippen molar-refractivity contribution >= 4 is 5.82 Å². The molecule has 0 atom stereocenters. The lowest BCUT2D eigenvalue weighted by molar-refractivity contribution is 0.411. The summed E-state index contributed by atoms with van der Waals surface area (Å²) in [6.07, 6.45) is 4.45. The fourth-order valence-electron chi connectivity index (χ4n) is 1.25. The normalized spacial score (nSPS) is 10.3. The molecule has 0 aliphatic rings. The van der Waals surface area contributed by atoms with Gasteiger partial charge in [0.15, 0.2) is 11.6 Å². The minimum Gasteiger partial charge on any atom is -0.358 e. The Kier molecular flexibility index (Phi) is 2.95. The summed E-state index contributed by atoms with van der Waals surface area (Å²) in [5, 5.41) is 6.48. The highest BCUT2D eigenvalue weighted by Gasteiger charge is 2.04. The first-order valence-corrected chi connectivity index (χ1v) is 4.86. The molecule has 0 fully saturated rings. The predicted molar refractivity (Wildman–Crippen MR) is 55.8 cm³/mol. The molecule has 7 nitrogen and oxygen atoms in total. The van der Waals surface area contributed by atoms with Crippen molar-refractivity contribution in [2.24, 2.45) is 0 Å². The first kappa shape index (κ1) is 10.3. The van der Waals surface area contributed by atoms with Crippen LogP contribution in [0.15, 0.2) is 28.1 Å². The second kappa shape index (κ2) is 4.56. The summed E-state index contributed by atoms with van der Waals surface area (Å²) in [7, 11) is 0. The van der Waals surface area contributed by atoms with Crippen LogP contribution in [0.2, 0.25) is 0 Å². The molecule has 0 saturated heterocycles. The van der Waals surface area contributed by atoms with Crippen molar-refractivity contribution in [3.05, 3.63) is 35.0 Å². The van der Waals surface area contributed by atoms with Crippen LogP contribution in [0, 0.1) is 0 Å². The van der Waals surface area contributed by atoms with Crippen molar-refractivity contribution in [3.63, 3.8) is 0 Å². The lowest BCUT2D eigenvalue weighted by atomic mass is 10.5. The summed E-state index contributed by atoms with van der Waals surface area (Å²) < 4.78 is 6.13. The Hall–Kier alpha value is -2.18. The molecule has 84 valence electrons. The summed E-state index contributed by atoms with van der Waals surface area (Å²) in [6.45, 7) is 2.81. The van der Waals surface area contributed by atoms with Gasteiger partial charge < -0.3 is 14.4 Å². The van der Waals surface area contributed by atoms with E-state index in [-0.39, 0.29) is 11.4 Å². The number of hydrogen-bond acceptors (Lipinski definition) is 6. The molecule has 2 rings (SSSR count). The van der Waals surface area contributed by atoms with Gasteiger partial charge in [0, 0.05) is 18.9 Å².